The van der Waals surface area contributed by atoms with Crippen LogP contribution in [0.25, 0.3) is 10.8 Å². The average Bonchev–Trinajstić information content (AvgIpc) is 2.22. The number of hydrogen-bond acceptors (Lipinski definition) is 1. The number of aryl methyl sites for hydroxylation is 1. The zero-order valence-corrected chi connectivity index (χ0v) is 9.33. The van der Waals surface area contributed by atoms with Crippen molar-refractivity contribution in [1.82, 2.24) is 0 Å². The summed E-state index contributed by atoms with van der Waals surface area (Å²) in [4.78, 5) is 0. The minimum atomic E-state index is 0.219. The average molecular weight is 199 g/mol. The molecule has 0 amide bonds. The molecule has 1 atom stereocenters. The van der Waals surface area contributed by atoms with Crippen LogP contribution in [0.3, 0.4) is 0 Å². The van der Waals surface area contributed by atoms with Crippen LogP contribution >= 0.6 is 0 Å². The normalized spacial score (nSPS) is 13.0. The third-order valence-corrected chi connectivity index (χ3v) is 2.77. The van der Waals surface area contributed by atoms with Gasteiger partial charge < -0.3 is 5.73 Å². The molecule has 0 aliphatic carbocycles. The van der Waals surface area contributed by atoms with Crippen molar-refractivity contribution in [3.05, 3.63) is 47.5 Å². The molecule has 0 unspecified atom stereocenters. The summed E-state index contributed by atoms with van der Waals surface area (Å²) < 4.78 is 0. The van der Waals surface area contributed by atoms with Gasteiger partial charge in [-0.3, -0.25) is 0 Å². The Morgan fingerprint density at radius 2 is 1.73 bits per heavy atom. The lowest BCUT2D eigenvalue weighted by molar-refractivity contribution is 0.741. The molecule has 1 heteroatoms. The minimum Gasteiger partial charge on any atom is -0.328 e. The third kappa shape index (κ3) is 2.02. The van der Waals surface area contributed by atoms with Gasteiger partial charge in [0, 0.05) is 6.04 Å². The van der Waals surface area contributed by atoms with E-state index in [0.717, 1.165) is 6.42 Å². The first-order chi connectivity index (χ1) is 7.18. The van der Waals surface area contributed by atoms with Gasteiger partial charge in [0.2, 0.25) is 0 Å². The van der Waals surface area contributed by atoms with E-state index < -0.39 is 0 Å². The molecule has 0 radical (unpaired) electrons. The molecule has 0 aliphatic heterocycles. The van der Waals surface area contributed by atoms with Crippen molar-refractivity contribution in [2.75, 3.05) is 0 Å². The molecule has 15 heavy (non-hydrogen) atoms. The SMILES string of the molecule is Cc1ccc(C[C@@H](C)N)c2ccccc12. The van der Waals surface area contributed by atoms with E-state index in [-0.39, 0.29) is 6.04 Å². The largest absolute Gasteiger partial charge is 0.328 e. The molecule has 0 fully saturated rings. The Morgan fingerprint density at radius 1 is 1.07 bits per heavy atom. The summed E-state index contributed by atoms with van der Waals surface area (Å²) in [6.07, 6.45) is 0.945. The summed E-state index contributed by atoms with van der Waals surface area (Å²) >= 11 is 0. The second kappa shape index (κ2) is 4.03. The van der Waals surface area contributed by atoms with Gasteiger partial charge in [-0.25, -0.2) is 0 Å². The smallest absolute Gasteiger partial charge is 0.00511 e. The maximum atomic E-state index is 5.85. The van der Waals surface area contributed by atoms with E-state index in [1.165, 1.54) is 21.9 Å². The van der Waals surface area contributed by atoms with Gasteiger partial charge in [-0.05, 0) is 42.2 Å². The highest BCUT2D eigenvalue weighted by Gasteiger charge is 2.04. The van der Waals surface area contributed by atoms with Crippen LogP contribution in [0.4, 0.5) is 0 Å². The summed E-state index contributed by atoms with van der Waals surface area (Å²) in [5.74, 6) is 0. The van der Waals surface area contributed by atoms with Crippen molar-refractivity contribution in [2.24, 2.45) is 5.73 Å². The van der Waals surface area contributed by atoms with E-state index in [2.05, 4.69) is 50.2 Å². The zero-order valence-electron chi connectivity index (χ0n) is 9.33. The molecule has 1 nitrogen and oxygen atoms in total. The second-order valence-electron chi connectivity index (χ2n) is 4.27. The highest BCUT2D eigenvalue weighted by molar-refractivity contribution is 5.88. The molecule has 2 aromatic carbocycles. The van der Waals surface area contributed by atoms with Gasteiger partial charge in [0.15, 0.2) is 0 Å². The van der Waals surface area contributed by atoms with E-state index in [9.17, 15) is 0 Å². The number of benzene rings is 2. The van der Waals surface area contributed by atoms with Crippen molar-refractivity contribution >= 4 is 10.8 Å². The zero-order chi connectivity index (χ0) is 10.8. The van der Waals surface area contributed by atoms with Crippen LogP contribution in [0.2, 0.25) is 0 Å². The molecular weight excluding hydrogens is 182 g/mol. The standard InChI is InChI=1S/C14H17N/c1-10-7-8-12(9-11(2)15)14-6-4-3-5-13(10)14/h3-8,11H,9,15H2,1-2H3/t11-/m1/s1. The monoisotopic (exact) mass is 199 g/mol. The Bertz CT molecular complexity index is 472. The summed E-state index contributed by atoms with van der Waals surface area (Å²) in [5, 5.41) is 2.69. The van der Waals surface area contributed by atoms with Crippen molar-refractivity contribution in [2.45, 2.75) is 26.3 Å². The van der Waals surface area contributed by atoms with Crippen LogP contribution in [0.15, 0.2) is 36.4 Å². The van der Waals surface area contributed by atoms with E-state index in [0.29, 0.717) is 0 Å². The van der Waals surface area contributed by atoms with E-state index in [1.807, 2.05) is 0 Å². The molecule has 0 heterocycles. The van der Waals surface area contributed by atoms with Gasteiger partial charge in [0.05, 0.1) is 0 Å². The predicted octanol–water partition coefficient (Wildman–Crippen LogP) is 3.04. The number of fused-ring (bicyclic) bond motifs is 1. The fourth-order valence-electron chi connectivity index (χ4n) is 2.04. The molecule has 0 saturated heterocycles. The van der Waals surface area contributed by atoms with Crippen LogP contribution in [-0.2, 0) is 6.42 Å². The topological polar surface area (TPSA) is 26.0 Å². The van der Waals surface area contributed by atoms with Crippen LogP contribution in [0, 0.1) is 6.92 Å². The van der Waals surface area contributed by atoms with E-state index in [4.69, 9.17) is 5.73 Å². The van der Waals surface area contributed by atoms with Crippen molar-refractivity contribution in [3.63, 3.8) is 0 Å². The van der Waals surface area contributed by atoms with Gasteiger partial charge in [-0.1, -0.05) is 36.4 Å². The Hall–Kier alpha value is -1.34. The van der Waals surface area contributed by atoms with Gasteiger partial charge in [-0.2, -0.15) is 0 Å². The highest BCUT2D eigenvalue weighted by Crippen LogP contribution is 2.22. The molecule has 0 bridgehead atoms. The van der Waals surface area contributed by atoms with Crippen molar-refractivity contribution < 1.29 is 0 Å². The minimum absolute atomic E-state index is 0.219. The third-order valence-electron chi connectivity index (χ3n) is 2.77. The quantitative estimate of drug-likeness (QED) is 0.790. The first-order valence-corrected chi connectivity index (χ1v) is 5.41. The Labute approximate surface area is 90.9 Å². The van der Waals surface area contributed by atoms with Gasteiger partial charge in [0.25, 0.3) is 0 Å². The van der Waals surface area contributed by atoms with Crippen LogP contribution in [-0.4, -0.2) is 6.04 Å². The van der Waals surface area contributed by atoms with Gasteiger partial charge >= 0.3 is 0 Å². The number of rotatable bonds is 2. The number of hydrogen-bond donors (Lipinski definition) is 1. The molecule has 2 N–H and O–H groups in total. The maximum Gasteiger partial charge on any atom is 0.00511 e. The molecule has 0 spiro atoms. The fourth-order valence-corrected chi connectivity index (χ4v) is 2.04. The molecule has 0 saturated carbocycles. The van der Waals surface area contributed by atoms with Crippen LogP contribution in [0.5, 0.6) is 0 Å². The summed E-state index contributed by atoms with van der Waals surface area (Å²) in [5.41, 5.74) is 8.54. The van der Waals surface area contributed by atoms with Gasteiger partial charge in [-0.15, -0.1) is 0 Å². The number of nitrogens with two attached hydrogens (primary N) is 1. The molecule has 2 aromatic rings. The molecule has 78 valence electrons. The van der Waals surface area contributed by atoms with Crippen molar-refractivity contribution in [1.29, 1.82) is 0 Å². The molecule has 0 aliphatic rings. The second-order valence-corrected chi connectivity index (χ2v) is 4.27. The Balaban J connectivity index is 2.61. The highest BCUT2D eigenvalue weighted by atomic mass is 14.6. The summed E-state index contributed by atoms with van der Waals surface area (Å²) in [7, 11) is 0. The Morgan fingerprint density at radius 3 is 2.40 bits per heavy atom. The fraction of sp³-hybridized carbons (Fsp3) is 0.286. The lowest BCUT2D eigenvalue weighted by atomic mass is 9.97. The Kier molecular flexibility index (Phi) is 2.74. The predicted molar refractivity (Wildman–Crippen MR) is 66.0 cm³/mol. The van der Waals surface area contributed by atoms with Crippen LogP contribution < -0.4 is 5.73 Å². The van der Waals surface area contributed by atoms with Gasteiger partial charge in [0.1, 0.15) is 0 Å². The lowest BCUT2D eigenvalue weighted by Gasteiger charge is -2.10. The molecule has 0 aromatic heterocycles. The maximum absolute atomic E-state index is 5.85. The molecule has 2 rings (SSSR count). The van der Waals surface area contributed by atoms with Crippen LogP contribution in [0.1, 0.15) is 18.1 Å². The lowest BCUT2D eigenvalue weighted by Crippen LogP contribution is -2.17. The first kappa shape index (κ1) is 10.2. The van der Waals surface area contributed by atoms with E-state index >= 15 is 0 Å². The van der Waals surface area contributed by atoms with Crippen molar-refractivity contribution in [3.8, 4) is 0 Å². The summed E-state index contributed by atoms with van der Waals surface area (Å²) in [6, 6.07) is 13.1. The first-order valence-electron chi connectivity index (χ1n) is 5.41. The summed E-state index contributed by atoms with van der Waals surface area (Å²) in [6.45, 7) is 4.20. The molecular formula is C14H17N. The van der Waals surface area contributed by atoms with E-state index in [1.54, 1.807) is 0 Å².